The van der Waals surface area contributed by atoms with Crippen LogP contribution in [-0.2, 0) is 14.8 Å². The van der Waals surface area contributed by atoms with Crippen LogP contribution in [0.2, 0.25) is 0 Å². The predicted molar refractivity (Wildman–Crippen MR) is 120 cm³/mol. The summed E-state index contributed by atoms with van der Waals surface area (Å²) in [6, 6.07) is 8.67. The fourth-order valence-electron chi connectivity index (χ4n) is 3.53. The minimum atomic E-state index is -3.72. The van der Waals surface area contributed by atoms with Gasteiger partial charge in [0.05, 0.1) is 12.5 Å². The van der Waals surface area contributed by atoms with E-state index in [-0.39, 0.29) is 16.7 Å². The van der Waals surface area contributed by atoms with Crippen LogP contribution in [0.3, 0.4) is 0 Å². The third kappa shape index (κ3) is 4.84. The van der Waals surface area contributed by atoms with Crippen molar-refractivity contribution in [2.24, 2.45) is 5.92 Å². The number of ether oxygens (including phenoxy) is 1. The number of nitrogens with zero attached hydrogens (tertiary/aromatic N) is 3. The van der Waals surface area contributed by atoms with E-state index in [2.05, 4.69) is 15.5 Å². The Labute approximate surface area is 190 Å². The zero-order valence-corrected chi connectivity index (χ0v) is 19.4. The highest BCUT2D eigenvalue weighted by Crippen LogP contribution is 2.31. The Bertz CT molecular complexity index is 1190. The van der Waals surface area contributed by atoms with Gasteiger partial charge in [0.2, 0.25) is 17.6 Å². The van der Waals surface area contributed by atoms with E-state index in [1.807, 2.05) is 6.92 Å². The molecule has 1 atom stereocenters. The molecule has 1 N–H and O–H groups in total. The Hall–Kier alpha value is -2.76. The van der Waals surface area contributed by atoms with Crippen LogP contribution in [0.4, 0.5) is 5.69 Å². The Morgan fingerprint density at radius 1 is 1.34 bits per heavy atom. The first-order chi connectivity index (χ1) is 15.4. The van der Waals surface area contributed by atoms with Crippen molar-refractivity contribution in [3.05, 3.63) is 41.6 Å². The highest BCUT2D eigenvalue weighted by Gasteiger charge is 2.34. The molecule has 9 nitrogen and oxygen atoms in total. The number of anilines is 1. The number of sulfonamides is 1. The lowest BCUT2D eigenvalue weighted by Gasteiger charge is -2.30. The molecule has 170 valence electrons. The molecule has 32 heavy (non-hydrogen) atoms. The van der Waals surface area contributed by atoms with Crippen LogP contribution in [0.25, 0.3) is 11.4 Å². The van der Waals surface area contributed by atoms with Crippen LogP contribution < -0.4 is 10.1 Å². The average molecular weight is 477 g/mol. The summed E-state index contributed by atoms with van der Waals surface area (Å²) in [5.74, 6) is 0.874. The topological polar surface area (TPSA) is 115 Å². The van der Waals surface area contributed by atoms with Crippen LogP contribution in [-0.4, -0.2) is 48.5 Å². The Morgan fingerprint density at radius 2 is 2.12 bits per heavy atom. The molecule has 0 spiro atoms. The van der Waals surface area contributed by atoms with Gasteiger partial charge in [-0.15, -0.1) is 11.3 Å². The number of aryl methyl sites for hydroxylation is 1. The fourth-order valence-corrected chi connectivity index (χ4v) is 6.37. The molecule has 1 aliphatic heterocycles. The van der Waals surface area contributed by atoms with Crippen LogP contribution in [0.5, 0.6) is 5.75 Å². The molecule has 0 saturated carbocycles. The molecule has 1 aliphatic rings. The van der Waals surface area contributed by atoms with Gasteiger partial charge < -0.3 is 14.6 Å². The maximum Gasteiger partial charge on any atom is 0.252 e. The molecule has 0 aliphatic carbocycles. The number of piperidine rings is 1. The molecule has 11 heteroatoms. The Balaban J connectivity index is 1.43. The van der Waals surface area contributed by atoms with Gasteiger partial charge in [-0.25, -0.2) is 8.42 Å². The van der Waals surface area contributed by atoms with Crippen LogP contribution >= 0.6 is 11.3 Å². The molecule has 0 bridgehead atoms. The lowest BCUT2D eigenvalue weighted by molar-refractivity contribution is -0.120. The summed E-state index contributed by atoms with van der Waals surface area (Å²) >= 11 is 1.11. The number of carbonyl (C=O) groups is 1. The standard InChI is InChI=1S/C21H24N4O5S2/c1-3-29-18-8-6-17(7-9-18)23-21(26)15-5-4-10-25(12-15)32(27,28)19-11-16(13-31-19)20-22-14(2)30-24-20/h6-9,11,13,15H,3-5,10,12H2,1-2H3,(H,23,26)/t15-/m0/s1. The lowest BCUT2D eigenvalue weighted by Crippen LogP contribution is -2.43. The monoisotopic (exact) mass is 476 g/mol. The van der Waals surface area contributed by atoms with Crippen molar-refractivity contribution in [2.75, 3.05) is 25.0 Å². The van der Waals surface area contributed by atoms with E-state index in [0.29, 0.717) is 49.0 Å². The second-order valence-electron chi connectivity index (χ2n) is 7.44. The number of thiophene rings is 1. The first-order valence-electron chi connectivity index (χ1n) is 10.3. The van der Waals surface area contributed by atoms with Crippen LogP contribution in [0.1, 0.15) is 25.7 Å². The third-order valence-corrected chi connectivity index (χ3v) is 8.42. The first kappa shape index (κ1) is 22.4. The number of hydrogen-bond acceptors (Lipinski definition) is 8. The smallest absolute Gasteiger partial charge is 0.252 e. The van der Waals surface area contributed by atoms with Gasteiger partial charge in [-0.2, -0.15) is 9.29 Å². The number of carbonyl (C=O) groups excluding carboxylic acids is 1. The number of amides is 1. The summed E-state index contributed by atoms with van der Waals surface area (Å²) < 4.78 is 38.3. The fraction of sp³-hybridized carbons (Fsp3) is 0.381. The summed E-state index contributed by atoms with van der Waals surface area (Å²) in [5, 5.41) is 8.41. The zero-order valence-electron chi connectivity index (χ0n) is 17.8. The molecule has 0 unspecified atom stereocenters. The number of aromatic nitrogens is 2. The Kier molecular flexibility index (Phi) is 6.58. The van der Waals surface area contributed by atoms with Gasteiger partial charge in [-0.3, -0.25) is 4.79 Å². The van der Waals surface area contributed by atoms with E-state index in [9.17, 15) is 13.2 Å². The van der Waals surface area contributed by atoms with E-state index in [4.69, 9.17) is 9.26 Å². The van der Waals surface area contributed by atoms with Crippen LogP contribution in [0.15, 0.2) is 44.4 Å². The van der Waals surface area contributed by atoms with Crippen molar-refractivity contribution in [1.82, 2.24) is 14.4 Å². The minimum absolute atomic E-state index is 0.139. The van der Waals surface area contributed by atoms with Crippen molar-refractivity contribution >= 4 is 33.0 Å². The molecule has 1 aromatic carbocycles. The zero-order chi connectivity index (χ0) is 22.7. The van der Waals surface area contributed by atoms with E-state index < -0.39 is 15.9 Å². The summed E-state index contributed by atoms with van der Waals surface area (Å²) in [4.78, 5) is 16.9. The van der Waals surface area contributed by atoms with Crippen molar-refractivity contribution < 1.29 is 22.5 Å². The molecule has 3 aromatic rings. The lowest BCUT2D eigenvalue weighted by atomic mass is 9.99. The highest BCUT2D eigenvalue weighted by atomic mass is 32.2. The van der Waals surface area contributed by atoms with Gasteiger partial charge in [0, 0.05) is 36.6 Å². The van der Waals surface area contributed by atoms with E-state index >= 15 is 0 Å². The van der Waals surface area contributed by atoms with E-state index in [0.717, 1.165) is 17.1 Å². The quantitative estimate of drug-likeness (QED) is 0.555. The molecular weight excluding hydrogens is 452 g/mol. The number of hydrogen-bond donors (Lipinski definition) is 1. The molecular formula is C21H24N4O5S2. The molecule has 1 amide bonds. The predicted octanol–water partition coefficient (Wildman–Crippen LogP) is 3.54. The van der Waals surface area contributed by atoms with E-state index in [1.165, 1.54) is 4.31 Å². The summed E-state index contributed by atoms with van der Waals surface area (Å²) in [7, 11) is -3.72. The van der Waals surface area contributed by atoms with Gasteiger partial charge >= 0.3 is 0 Å². The molecule has 0 radical (unpaired) electrons. The van der Waals surface area contributed by atoms with Crippen molar-refractivity contribution in [2.45, 2.75) is 30.9 Å². The molecule has 1 fully saturated rings. The Morgan fingerprint density at radius 3 is 2.81 bits per heavy atom. The maximum atomic E-state index is 13.2. The highest BCUT2D eigenvalue weighted by molar-refractivity contribution is 7.91. The second-order valence-corrected chi connectivity index (χ2v) is 10.5. The SMILES string of the molecule is CCOc1ccc(NC(=O)[C@H]2CCCN(S(=O)(=O)c3cc(-c4noc(C)n4)cs3)C2)cc1. The average Bonchev–Trinajstić information content (AvgIpc) is 3.45. The first-order valence-corrected chi connectivity index (χ1v) is 12.6. The van der Waals surface area contributed by atoms with Gasteiger partial charge in [-0.1, -0.05) is 5.16 Å². The van der Waals surface area contributed by atoms with Crippen LogP contribution in [0, 0.1) is 12.8 Å². The van der Waals surface area contributed by atoms with Crippen molar-refractivity contribution in [1.29, 1.82) is 0 Å². The third-order valence-electron chi connectivity index (χ3n) is 5.14. The summed E-state index contributed by atoms with van der Waals surface area (Å²) in [5.41, 5.74) is 1.24. The number of nitrogens with one attached hydrogen (secondary N) is 1. The van der Waals surface area contributed by atoms with Gasteiger partial charge in [0.15, 0.2) is 0 Å². The van der Waals surface area contributed by atoms with Crippen molar-refractivity contribution in [3.8, 4) is 17.1 Å². The summed E-state index contributed by atoms with van der Waals surface area (Å²) in [6.07, 6.45) is 1.25. The molecule has 3 heterocycles. The number of rotatable bonds is 7. The van der Waals surface area contributed by atoms with Crippen molar-refractivity contribution in [3.63, 3.8) is 0 Å². The molecule has 4 rings (SSSR count). The molecule has 1 saturated heterocycles. The maximum absolute atomic E-state index is 13.2. The molecule has 2 aromatic heterocycles. The van der Waals surface area contributed by atoms with E-state index in [1.54, 1.807) is 42.6 Å². The normalized spacial score (nSPS) is 17.2. The second kappa shape index (κ2) is 9.39. The van der Waals surface area contributed by atoms with Gasteiger partial charge in [0.25, 0.3) is 10.0 Å². The van der Waals surface area contributed by atoms with Gasteiger partial charge in [0.1, 0.15) is 9.96 Å². The number of benzene rings is 1. The van der Waals surface area contributed by atoms with Gasteiger partial charge in [-0.05, 0) is 50.1 Å². The summed E-state index contributed by atoms with van der Waals surface area (Å²) in [6.45, 7) is 4.66. The largest absolute Gasteiger partial charge is 0.494 e. The minimum Gasteiger partial charge on any atom is -0.494 e.